The minimum atomic E-state index is -0.0527. The SMILES string of the molecule is O=C(CN1CCCC1=O)N[C@H]1CCCN(c2ccccn2)C1. The Labute approximate surface area is 130 Å². The lowest BCUT2D eigenvalue weighted by Gasteiger charge is -2.34. The normalized spacial score (nSPS) is 22.0. The molecule has 0 bridgehead atoms. The summed E-state index contributed by atoms with van der Waals surface area (Å²) in [5.74, 6) is 0.994. The second-order valence-electron chi connectivity index (χ2n) is 5.96. The lowest BCUT2D eigenvalue weighted by atomic mass is 10.1. The summed E-state index contributed by atoms with van der Waals surface area (Å²) in [4.78, 5) is 31.9. The van der Waals surface area contributed by atoms with Gasteiger partial charge in [0.25, 0.3) is 0 Å². The van der Waals surface area contributed by atoms with Gasteiger partial charge in [0.1, 0.15) is 5.82 Å². The van der Waals surface area contributed by atoms with Crippen molar-refractivity contribution in [2.45, 2.75) is 31.7 Å². The molecule has 0 aromatic carbocycles. The molecule has 0 aliphatic carbocycles. The molecule has 1 atom stereocenters. The molecule has 22 heavy (non-hydrogen) atoms. The van der Waals surface area contributed by atoms with Crippen LogP contribution < -0.4 is 10.2 Å². The number of carbonyl (C=O) groups is 2. The summed E-state index contributed by atoms with van der Waals surface area (Å²) in [5.41, 5.74) is 0. The summed E-state index contributed by atoms with van der Waals surface area (Å²) in [5, 5.41) is 3.06. The van der Waals surface area contributed by atoms with Crippen LogP contribution in [-0.4, -0.2) is 53.9 Å². The molecule has 2 fully saturated rings. The first-order chi connectivity index (χ1) is 10.7. The number of pyridine rings is 1. The Kier molecular flexibility index (Phi) is 4.56. The fourth-order valence-electron chi connectivity index (χ4n) is 3.16. The quantitative estimate of drug-likeness (QED) is 0.893. The van der Waals surface area contributed by atoms with Crippen molar-refractivity contribution in [3.8, 4) is 0 Å². The summed E-state index contributed by atoms with van der Waals surface area (Å²) in [7, 11) is 0. The molecule has 1 aromatic heterocycles. The number of hydrogen-bond acceptors (Lipinski definition) is 4. The molecule has 0 saturated carbocycles. The first-order valence-corrected chi connectivity index (χ1v) is 7.95. The monoisotopic (exact) mass is 302 g/mol. The highest BCUT2D eigenvalue weighted by atomic mass is 16.2. The highest BCUT2D eigenvalue weighted by molar-refractivity contribution is 5.86. The maximum atomic E-state index is 12.1. The van der Waals surface area contributed by atoms with Crippen molar-refractivity contribution in [1.82, 2.24) is 15.2 Å². The first-order valence-electron chi connectivity index (χ1n) is 7.95. The van der Waals surface area contributed by atoms with Crippen molar-refractivity contribution in [2.75, 3.05) is 31.1 Å². The van der Waals surface area contributed by atoms with Gasteiger partial charge in [0, 0.05) is 38.3 Å². The number of nitrogens with one attached hydrogen (secondary N) is 1. The second kappa shape index (κ2) is 6.77. The molecule has 2 saturated heterocycles. The van der Waals surface area contributed by atoms with Crippen LogP contribution in [0.4, 0.5) is 5.82 Å². The molecule has 3 heterocycles. The van der Waals surface area contributed by atoms with Crippen LogP contribution >= 0.6 is 0 Å². The summed E-state index contributed by atoms with van der Waals surface area (Å²) in [6.45, 7) is 2.64. The van der Waals surface area contributed by atoms with Crippen molar-refractivity contribution < 1.29 is 9.59 Å². The van der Waals surface area contributed by atoms with E-state index in [0.29, 0.717) is 13.0 Å². The maximum absolute atomic E-state index is 12.1. The van der Waals surface area contributed by atoms with Crippen molar-refractivity contribution >= 4 is 17.6 Å². The van der Waals surface area contributed by atoms with Gasteiger partial charge in [-0.05, 0) is 31.4 Å². The van der Waals surface area contributed by atoms with E-state index >= 15 is 0 Å². The van der Waals surface area contributed by atoms with Gasteiger partial charge in [-0.3, -0.25) is 9.59 Å². The largest absolute Gasteiger partial charge is 0.355 e. The minimum absolute atomic E-state index is 0.0527. The maximum Gasteiger partial charge on any atom is 0.239 e. The van der Waals surface area contributed by atoms with Crippen LogP contribution in [0.1, 0.15) is 25.7 Å². The van der Waals surface area contributed by atoms with E-state index in [-0.39, 0.29) is 24.4 Å². The van der Waals surface area contributed by atoms with Crippen molar-refractivity contribution in [3.63, 3.8) is 0 Å². The number of aromatic nitrogens is 1. The van der Waals surface area contributed by atoms with E-state index in [9.17, 15) is 9.59 Å². The summed E-state index contributed by atoms with van der Waals surface area (Å²) >= 11 is 0. The number of anilines is 1. The fraction of sp³-hybridized carbons (Fsp3) is 0.562. The smallest absolute Gasteiger partial charge is 0.239 e. The number of carbonyl (C=O) groups excluding carboxylic acids is 2. The van der Waals surface area contributed by atoms with Crippen LogP contribution in [0.2, 0.25) is 0 Å². The van der Waals surface area contributed by atoms with Crippen molar-refractivity contribution in [2.24, 2.45) is 0 Å². The van der Waals surface area contributed by atoms with Gasteiger partial charge in [0.2, 0.25) is 11.8 Å². The molecule has 6 nitrogen and oxygen atoms in total. The zero-order chi connectivity index (χ0) is 15.4. The standard InChI is InChI=1S/C16H22N4O2/c21-15(12-20-10-4-7-16(20)22)18-13-5-3-9-19(11-13)14-6-1-2-8-17-14/h1-2,6,8,13H,3-5,7,9-12H2,(H,18,21)/t13-/m0/s1. The zero-order valence-corrected chi connectivity index (χ0v) is 12.7. The zero-order valence-electron chi connectivity index (χ0n) is 12.7. The van der Waals surface area contributed by atoms with Gasteiger partial charge in [-0.2, -0.15) is 0 Å². The number of likely N-dealkylation sites (tertiary alicyclic amines) is 1. The predicted octanol–water partition coefficient (Wildman–Crippen LogP) is 0.789. The average Bonchev–Trinajstić information content (AvgIpc) is 2.93. The van der Waals surface area contributed by atoms with Crippen LogP contribution in [0.25, 0.3) is 0 Å². The minimum Gasteiger partial charge on any atom is -0.355 e. The lowest BCUT2D eigenvalue weighted by Crippen LogP contribution is -2.50. The Morgan fingerprint density at radius 3 is 2.95 bits per heavy atom. The third-order valence-corrected chi connectivity index (χ3v) is 4.27. The van der Waals surface area contributed by atoms with Crippen molar-refractivity contribution in [1.29, 1.82) is 0 Å². The molecule has 0 spiro atoms. The Morgan fingerprint density at radius 2 is 2.23 bits per heavy atom. The Morgan fingerprint density at radius 1 is 1.32 bits per heavy atom. The fourth-order valence-corrected chi connectivity index (χ4v) is 3.16. The van der Waals surface area contributed by atoms with Crippen LogP contribution in [0.3, 0.4) is 0 Å². The third-order valence-electron chi connectivity index (χ3n) is 4.27. The molecular formula is C16H22N4O2. The lowest BCUT2D eigenvalue weighted by molar-refractivity contribution is -0.133. The molecule has 1 aromatic rings. The number of hydrogen-bond donors (Lipinski definition) is 1. The van der Waals surface area contributed by atoms with E-state index in [1.807, 2.05) is 18.2 Å². The van der Waals surface area contributed by atoms with E-state index in [2.05, 4.69) is 15.2 Å². The number of rotatable bonds is 4. The van der Waals surface area contributed by atoms with Crippen molar-refractivity contribution in [3.05, 3.63) is 24.4 Å². The number of nitrogens with zero attached hydrogens (tertiary/aromatic N) is 3. The van der Waals surface area contributed by atoms with Gasteiger partial charge in [0.15, 0.2) is 0 Å². The Balaban J connectivity index is 1.52. The van der Waals surface area contributed by atoms with E-state index < -0.39 is 0 Å². The highest BCUT2D eigenvalue weighted by Crippen LogP contribution is 2.17. The molecule has 2 amide bonds. The molecule has 3 rings (SSSR count). The van der Waals surface area contributed by atoms with Crippen LogP contribution in [-0.2, 0) is 9.59 Å². The van der Waals surface area contributed by atoms with Gasteiger partial charge in [0.05, 0.1) is 6.54 Å². The average molecular weight is 302 g/mol. The topological polar surface area (TPSA) is 65.5 Å². The molecule has 2 aliphatic heterocycles. The van der Waals surface area contributed by atoms with E-state index in [0.717, 1.165) is 38.2 Å². The molecule has 118 valence electrons. The van der Waals surface area contributed by atoms with Crippen LogP contribution in [0.5, 0.6) is 0 Å². The van der Waals surface area contributed by atoms with Gasteiger partial charge in [-0.1, -0.05) is 6.07 Å². The summed E-state index contributed by atoms with van der Waals surface area (Å²) in [6, 6.07) is 6.00. The molecule has 0 radical (unpaired) electrons. The van der Waals surface area contributed by atoms with Gasteiger partial charge in [-0.25, -0.2) is 4.98 Å². The molecule has 6 heteroatoms. The van der Waals surface area contributed by atoms with E-state index in [1.54, 1.807) is 11.1 Å². The van der Waals surface area contributed by atoms with Gasteiger partial charge < -0.3 is 15.1 Å². The summed E-state index contributed by atoms with van der Waals surface area (Å²) in [6.07, 6.45) is 5.23. The number of amides is 2. The Bertz CT molecular complexity index is 534. The van der Waals surface area contributed by atoms with Crippen LogP contribution in [0.15, 0.2) is 24.4 Å². The van der Waals surface area contributed by atoms with E-state index in [1.165, 1.54) is 0 Å². The summed E-state index contributed by atoms with van der Waals surface area (Å²) < 4.78 is 0. The first kappa shape index (κ1) is 14.8. The van der Waals surface area contributed by atoms with Gasteiger partial charge in [-0.15, -0.1) is 0 Å². The number of piperidine rings is 1. The third kappa shape index (κ3) is 3.55. The highest BCUT2D eigenvalue weighted by Gasteiger charge is 2.25. The second-order valence-corrected chi connectivity index (χ2v) is 5.96. The van der Waals surface area contributed by atoms with E-state index in [4.69, 9.17) is 0 Å². The molecular weight excluding hydrogens is 280 g/mol. The predicted molar refractivity (Wildman–Crippen MR) is 83.4 cm³/mol. The van der Waals surface area contributed by atoms with Gasteiger partial charge >= 0.3 is 0 Å². The molecule has 0 unspecified atom stereocenters. The molecule has 1 N–H and O–H groups in total. The molecule has 2 aliphatic rings. The Hall–Kier alpha value is -2.11. The van der Waals surface area contributed by atoms with Crippen LogP contribution in [0, 0.1) is 0 Å².